The minimum Gasteiger partial charge on any atom is -0.350 e. The van der Waals surface area contributed by atoms with Gasteiger partial charge in [0.05, 0.1) is 16.8 Å². The van der Waals surface area contributed by atoms with Gasteiger partial charge in [-0.1, -0.05) is 24.9 Å². The maximum Gasteiger partial charge on any atom is 0.253 e. The smallest absolute Gasteiger partial charge is 0.253 e. The monoisotopic (exact) mass is 318 g/mol. The zero-order valence-electron chi connectivity index (χ0n) is 11.7. The number of halogens is 1. The summed E-state index contributed by atoms with van der Waals surface area (Å²) in [5.74, 6) is -0.262. The first-order valence-corrected chi connectivity index (χ1v) is 8.58. The van der Waals surface area contributed by atoms with Gasteiger partial charge in [-0.3, -0.25) is 9.52 Å². The van der Waals surface area contributed by atoms with Crippen molar-refractivity contribution in [1.29, 1.82) is 0 Å². The van der Waals surface area contributed by atoms with Crippen LogP contribution in [0.15, 0.2) is 18.2 Å². The SMILES string of the molecule is CCC[C@H](C)NC(=O)c1ccc(NS(C)(=O)=O)cc1Cl. The third-order valence-corrected chi connectivity index (χ3v) is 3.54. The van der Waals surface area contributed by atoms with Crippen LogP contribution in [0.1, 0.15) is 37.0 Å². The van der Waals surface area contributed by atoms with E-state index in [-0.39, 0.29) is 17.0 Å². The molecule has 0 saturated carbocycles. The van der Waals surface area contributed by atoms with E-state index < -0.39 is 10.0 Å². The molecule has 0 bridgehead atoms. The van der Waals surface area contributed by atoms with E-state index in [1.165, 1.54) is 18.2 Å². The van der Waals surface area contributed by atoms with Crippen molar-refractivity contribution in [2.24, 2.45) is 0 Å². The second kappa shape index (κ2) is 6.95. The van der Waals surface area contributed by atoms with Gasteiger partial charge < -0.3 is 5.32 Å². The lowest BCUT2D eigenvalue weighted by molar-refractivity contribution is 0.0938. The van der Waals surface area contributed by atoms with E-state index in [1.807, 2.05) is 13.8 Å². The molecule has 1 aromatic carbocycles. The van der Waals surface area contributed by atoms with Crippen LogP contribution in [0.3, 0.4) is 0 Å². The van der Waals surface area contributed by atoms with Crippen molar-refractivity contribution in [2.75, 3.05) is 11.0 Å². The molecule has 0 aromatic heterocycles. The predicted octanol–water partition coefficient (Wildman–Crippen LogP) is 2.63. The van der Waals surface area contributed by atoms with E-state index in [1.54, 1.807) is 0 Å². The van der Waals surface area contributed by atoms with Gasteiger partial charge >= 0.3 is 0 Å². The Morgan fingerprint density at radius 3 is 2.55 bits per heavy atom. The quantitative estimate of drug-likeness (QED) is 0.846. The van der Waals surface area contributed by atoms with Gasteiger partial charge in [-0.2, -0.15) is 0 Å². The summed E-state index contributed by atoms with van der Waals surface area (Å²) in [6.07, 6.45) is 2.91. The molecule has 0 fully saturated rings. The van der Waals surface area contributed by atoms with Crippen molar-refractivity contribution in [3.63, 3.8) is 0 Å². The van der Waals surface area contributed by atoms with Crippen molar-refractivity contribution in [1.82, 2.24) is 5.32 Å². The van der Waals surface area contributed by atoms with Crippen LogP contribution < -0.4 is 10.0 Å². The third kappa shape index (κ3) is 5.38. The fourth-order valence-electron chi connectivity index (χ4n) is 1.78. The maximum atomic E-state index is 12.0. The molecule has 0 unspecified atom stereocenters. The lowest BCUT2D eigenvalue weighted by atomic mass is 10.1. The van der Waals surface area contributed by atoms with E-state index >= 15 is 0 Å². The molecule has 0 aliphatic carbocycles. The number of benzene rings is 1. The van der Waals surface area contributed by atoms with E-state index in [4.69, 9.17) is 11.6 Å². The Hall–Kier alpha value is -1.27. The summed E-state index contributed by atoms with van der Waals surface area (Å²) in [7, 11) is -3.36. The molecule has 0 spiro atoms. The van der Waals surface area contributed by atoms with Crippen molar-refractivity contribution in [2.45, 2.75) is 32.7 Å². The Kier molecular flexibility index (Phi) is 5.83. The minimum atomic E-state index is -3.36. The Morgan fingerprint density at radius 1 is 1.40 bits per heavy atom. The molecule has 1 atom stereocenters. The molecule has 0 aliphatic rings. The van der Waals surface area contributed by atoms with Crippen LogP contribution in [0.2, 0.25) is 5.02 Å². The summed E-state index contributed by atoms with van der Waals surface area (Å²) < 4.78 is 24.5. The third-order valence-electron chi connectivity index (χ3n) is 2.62. The highest BCUT2D eigenvalue weighted by Gasteiger charge is 2.14. The number of sulfonamides is 1. The lowest BCUT2D eigenvalue weighted by Crippen LogP contribution is -2.32. The van der Waals surface area contributed by atoms with Gasteiger partial charge in [0, 0.05) is 11.7 Å². The largest absolute Gasteiger partial charge is 0.350 e. The van der Waals surface area contributed by atoms with Crippen molar-refractivity contribution >= 4 is 33.2 Å². The fraction of sp³-hybridized carbons (Fsp3) is 0.462. The highest BCUT2D eigenvalue weighted by molar-refractivity contribution is 7.92. The lowest BCUT2D eigenvalue weighted by Gasteiger charge is -2.14. The highest BCUT2D eigenvalue weighted by Crippen LogP contribution is 2.21. The number of nitrogens with one attached hydrogen (secondary N) is 2. The zero-order chi connectivity index (χ0) is 15.3. The number of carbonyl (C=O) groups is 1. The van der Waals surface area contributed by atoms with Crippen molar-refractivity contribution in [3.05, 3.63) is 28.8 Å². The van der Waals surface area contributed by atoms with E-state index in [0.29, 0.717) is 11.3 Å². The molecule has 0 aliphatic heterocycles. The summed E-state index contributed by atoms with van der Waals surface area (Å²) in [5, 5.41) is 3.05. The van der Waals surface area contributed by atoms with E-state index in [9.17, 15) is 13.2 Å². The highest BCUT2D eigenvalue weighted by atomic mass is 35.5. The van der Waals surface area contributed by atoms with Crippen LogP contribution >= 0.6 is 11.6 Å². The molecule has 7 heteroatoms. The minimum absolute atomic E-state index is 0.0670. The Morgan fingerprint density at radius 2 is 2.05 bits per heavy atom. The number of hydrogen-bond donors (Lipinski definition) is 2. The summed E-state index contributed by atoms with van der Waals surface area (Å²) in [6.45, 7) is 3.97. The first-order valence-electron chi connectivity index (χ1n) is 6.31. The maximum absolute atomic E-state index is 12.0. The molecule has 0 radical (unpaired) electrons. The van der Waals surface area contributed by atoms with Crippen molar-refractivity contribution in [3.8, 4) is 0 Å². The van der Waals surface area contributed by atoms with Gasteiger partial charge in [0.15, 0.2) is 0 Å². The Bertz CT molecular complexity index is 587. The average molecular weight is 319 g/mol. The van der Waals surface area contributed by atoms with Gasteiger partial charge in [-0.15, -0.1) is 0 Å². The summed E-state index contributed by atoms with van der Waals surface area (Å²) in [6, 6.07) is 4.50. The standard InChI is InChI=1S/C13H19ClN2O3S/c1-4-5-9(2)15-13(17)11-7-6-10(8-12(11)14)16-20(3,18)19/h6-9,16H,4-5H2,1-3H3,(H,15,17)/t9-/m0/s1. The Labute approximate surface area is 124 Å². The molecule has 20 heavy (non-hydrogen) atoms. The molecule has 1 rings (SSSR count). The van der Waals surface area contributed by atoms with Gasteiger partial charge in [-0.25, -0.2) is 8.42 Å². The van der Waals surface area contributed by atoms with Gasteiger partial charge in [0.1, 0.15) is 0 Å². The second-order valence-corrected chi connectivity index (χ2v) is 6.89. The molecule has 0 heterocycles. The Balaban J connectivity index is 2.85. The van der Waals surface area contributed by atoms with Crippen LogP contribution in [-0.4, -0.2) is 26.6 Å². The first kappa shape index (κ1) is 16.8. The van der Waals surface area contributed by atoms with Crippen LogP contribution in [0, 0.1) is 0 Å². The first-order chi connectivity index (χ1) is 9.23. The second-order valence-electron chi connectivity index (χ2n) is 4.73. The molecule has 112 valence electrons. The topological polar surface area (TPSA) is 75.3 Å². The van der Waals surface area contributed by atoms with Gasteiger partial charge in [-0.05, 0) is 31.5 Å². The van der Waals surface area contributed by atoms with Crippen LogP contribution in [-0.2, 0) is 10.0 Å². The zero-order valence-corrected chi connectivity index (χ0v) is 13.3. The number of rotatable bonds is 6. The van der Waals surface area contributed by atoms with Crippen LogP contribution in [0.5, 0.6) is 0 Å². The number of amides is 1. The van der Waals surface area contributed by atoms with Crippen molar-refractivity contribution < 1.29 is 13.2 Å². The van der Waals surface area contributed by atoms with Crippen LogP contribution in [0.25, 0.3) is 0 Å². The normalized spacial score (nSPS) is 12.8. The molecular weight excluding hydrogens is 300 g/mol. The van der Waals surface area contributed by atoms with Gasteiger partial charge in [0.2, 0.25) is 10.0 Å². The molecule has 1 aromatic rings. The predicted molar refractivity (Wildman–Crippen MR) is 81.8 cm³/mol. The molecule has 2 N–H and O–H groups in total. The number of carbonyl (C=O) groups excluding carboxylic acids is 1. The molecule has 1 amide bonds. The summed E-state index contributed by atoms with van der Waals surface area (Å²) in [4.78, 5) is 12.0. The van der Waals surface area contributed by atoms with E-state index in [2.05, 4.69) is 10.0 Å². The summed E-state index contributed by atoms with van der Waals surface area (Å²) in [5.41, 5.74) is 0.657. The fourth-order valence-corrected chi connectivity index (χ4v) is 2.61. The molecule has 5 nitrogen and oxygen atoms in total. The number of anilines is 1. The van der Waals surface area contributed by atoms with Gasteiger partial charge in [0.25, 0.3) is 5.91 Å². The number of hydrogen-bond acceptors (Lipinski definition) is 3. The van der Waals surface area contributed by atoms with E-state index in [0.717, 1.165) is 19.1 Å². The molecular formula is C13H19ClN2O3S. The van der Waals surface area contributed by atoms with Crippen LogP contribution in [0.4, 0.5) is 5.69 Å². The average Bonchev–Trinajstić information content (AvgIpc) is 2.26. The molecule has 0 saturated heterocycles. The summed E-state index contributed by atoms with van der Waals surface area (Å²) >= 11 is 6.02.